The maximum absolute atomic E-state index is 11.3. The number of carbonyl (C=O) groups is 1. The molecular weight excluding hydrogens is 287 g/mol. The van der Waals surface area contributed by atoms with Crippen LogP contribution in [0.4, 0.5) is 0 Å². The molecule has 2 aromatic rings. The Morgan fingerprint density at radius 1 is 1.00 bits per heavy atom. The summed E-state index contributed by atoms with van der Waals surface area (Å²) in [6.07, 6.45) is -1.15. The van der Waals surface area contributed by atoms with Crippen LogP contribution in [0, 0.1) is 0 Å². The fourth-order valence-electron chi connectivity index (χ4n) is 1.60. The molecule has 1 unspecified atom stereocenters. The van der Waals surface area contributed by atoms with Gasteiger partial charge in [-0.15, -0.1) is 0 Å². The van der Waals surface area contributed by atoms with Gasteiger partial charge in [-0.3, -0.25) is 0 Å². The largest absolute Gasteiger partial charge is 0.478 e. The number of hydrogen-bond acceptors (Lipinski definition) is 2. The third-order valence-electron chi connectivity index (χ3n) is 2.48. The van der Waals surface area contributed by atoms with Gasteiger partial charge in [-0.1, -0.05) is 59.6 Å². The highest BCUT2D eigenvalue weighted by Crippen LogP contribution is 2.35. The van der Waals surface area contributed by atoms with Crippen LogP contribution < -0.4 is 4.74 Å². The standard InChI is InChI=1S/C14H10Cl2O3/c15-10-7-4-8-11(16)13(10)19-12(14(17)18)9-5-2-1-3-6-9/h1-8,12H,(H,17,18). The Labute approximate surface area is 120 Å². The summed E-state index contributed by atoms with van der Waals surface area (Å²) in [4.78, 5) is 11.3. The number of rotatable bonds is 4. The molecule has 0 aromatic heterocycles. The molecule has 0 aliphatic rings. The fourth-order valence-corrected chi connectivity index (χ4v) is 2.09. The van der Waals surface area contributed by atoms with E-state index in [0.717, 1.165) is 0 Å². The lowest BCUT2D eigenvalue weighted by Gasteiger charge is -2.17. The Kier molecular flexibility index (Phi) is 4.30. The highest BCUT2D eigenvalue weighted by Gasteiger charge is 2.23. The normalized spacial score (nSPS) is 11.9. The third kappa shape index (κ3) is 3.19. The molecule has 2 rings (SSSR count). The van der Waals surface area contributed by atoms with E-state index in [2.05, 4.69) is 0 Å². The Bertz CT molecular complexity index is 564. The number of benzene rings is 2. The van der Waals surface area contributed by atoms with E-state index in [1.165, 1.54) is 0 Å². The van der Waals surface area contributed by atoms with E-state index >= 15 is 0 Å². The average Bonchev–Trinajstić information content (AvgIpc) is 2.39. The molecule has 0 heterocycles. The van der Waals surface area contributed by atoms with Crippen molar-refractivity contribution in [1.82, 2.24) is 0 Å². The second-order valence-electron chi connectivity index (χ2n) is 3.80. The summed E-state index contributed by atoms with van der Waals surface area (Å²) < 4.78 is 5.46. The number of halogens is 2. The maximum atomic E-state index is 11.3. The van der Waals surface area contributed by atoms with Crippen LogP contribution in [0.3, 0.4) is 0 Å². The summed E-state index contributed by atoms with van der Waals surface area (Å²) in [6, 6.07) is 13.5. The van der Waals surface area contributed by atoms with Gasteiger partial charge in [-0.2, -0.15) is 0 Å². The average molecular weight is 297 g/mol. The van der Waals surface area contributed by atoms with Crippen LogP contribution in [0.5, 0.6) is 5.75 Å². The molecular formula is C14H10Cl2O3. The number of hydrogen-bond donors (Lipinski definition) is 1. The van der Waals surface area contributed by atoms with Gasteiger partial charge in [0.05, 0.1) is 10.0 Å². The quantitative estimate of drug-likeness (QED) is 0.920. The molecule has 2 aromatic carbocycles. The van der Waals surface area contributed by atoms with Gasteiger partial charge in [-0.05, 0) is 12.1 Å². The molecule has 0 fully saturated rings. The zero-order valence-electron chi connectivity index (χ0n) is 9.72. The Balaban J connectivity index is 2.35. The van der Waals surface area contributed by atoms with Crippen molar-refractivity contribution in [3.05, 3.63) is 64.1 Å². The van der Waals surface area contributed by atoms with Gasteiger partial charge in [0.25, 0.3) is 0 Å². The Morgan fingerprint density at radius 3 is 2.11 bits per heavy atom. The van der Waals surface area contributed by atoms with Crippen molar-refractivity contribution < 1.29 is 14.6 Å². The van der Waals surface area contributed by atoms with Gasteiger partial charge in [0.2, 0.25) is 6.10 Å². The summed E-state index contributed by atoms with van der Waals surface area (Å²) in [5.41, 5.74) is 0.519. The minimum Gasteiger partial charge on any atom is -0.478 e. The lowest BCUT2D eigenvalue weighted by molar-refractivity contribution is -0.145. The van der Waals surface area contributed by atoms with Gasteiger partial charge >= 0.3 is 5.97 Å². The molecule has 1 atom stereocenters. The molecule has 0 aliphatic heterocycles. The zero-order chi connectivity index (χ0) is 13.8. The van der Waals surface area contributed by atoms with Crippen molar-refractivity contribution in [1.29, 1.82) is 0 Å². The maximum Gasteiger partial charge on any atom is 0.349 e. The van der Waals surface area contributed by atoms with Crippen LogP contribution in [0.25, 0.3) is 0 Å². The first-order chi connectivity index (χ1) is 9.09. The molecule has 0 saturated carbocycles. The molecule has 0 saturated heterocycles. The number of aliphatic carboxylic acids is 1. The molecule has 0 spiro atoms. The summed E-state index contributed by atoms with van der Waals surface area (Å²) in [5, 5.41) is 9.80. The molecule has 1 N–H and O–H groups in total. The summed E-state index contributed by atoms with van der Waals surface area (Å²) in [7, 11) is 0. The van der Waals surface area contributed by atoms with Crippen LogP contribution in [-0.4, -0.2) is 11.1 Å². The topological polar surface area (TPSA) is 46.5 Å². The SMILES string of the molecule is O=C(O)C(Oc1c(Cl)cccc1Cl)c1ccccc1. The predicted octanol–water partition coefficient (Wildman–Crippen LogP) is 4.20. The molecule has 98 valence electrons. The summed E-state index contributed by atoms with van der Waals surface area (Å²) in [5.74, 6) is -0.940. The van der Waals surface area contributed by atoms with Crippen molar-refractivity contribution in [2.24, 2.45) is 0 Å². The lowest BCUT2D eigenvalue weighted by Crippen LogP contribution is -2.18. The lowest BCUT2D eigenvalue weighted by atomic mass is 10.1. The summed E-state index contributed by atoms with van der Waals surface area (Å²) in [6.45, 7) is 0. The highest BCUT2D eigenvalue weighted by atomic mass is 35.5. The van der Waals surface area contributed by atoms with Crippen LogP contribution in [0.1, 0.15) is 11.7 Å². The summed E-state index contributed by atoms with van der Waals surface area (Å²) >= 11 is 11.9. The molecule has 0 aliphatic carbocycles. The van der Waals surface area contributed by atoms with Crippen molar-refractivity contribution in [2.45, 2.75) is 6.10 Å². The van der Waals surface area contributed by atoms with Gasteiger partial charge in [0.1, 0.15) is 0 Å². The van der Waals surface area contributed by atoms with Crippen molar-refractivity contribution in [3.8, 4) is 5.75 Å². The highest BCUT2D eigenvalue weighted by molar-refractivity contribution is 6.37. The monoisotopic (exact) mass is 296 g/mol. The van der Waals surface area contributed by atoms with Gasteiger partial charge in [0.15, 0.2) is 5.75 Å². The first-order valence-corrected chi connectivity index (χ1v) is 6.23. The Hall–Kier alpha value is -1.71. The van der Waals surface area contributed by atoms with E-state index in [1.54, 1.807) is 48.5 Å². The molecule has 5 heteroatoms. The molecule has 19 heavy (non-hydrogen) atoms. The van der Waals surface area contributed by atoms with Crippen molar-refractivity contribution >= 4 is 29.2 Å². The van der Waals surface area contributed by atoms with Crippen LogP contribution >= 0.6 is 23.2 Å². The third-order valence-corrected chi connectivity index (χ3v) is 3.08. The van der Waals surface area contributed by atoms with E-state index in [4.69, 9.17) is 27.9 Å². The zero-order valence-corrected chi connectivity index (χ0v) is 11.2. The minimum absolute atomic E-state index is 0.169. The van der Waals surface area contributed by atoms with Crippen molar-refractivity contribution in [2.75, 3.05) is 0 Å². The van der Waals surface area contributed by atoms with Crippen LogP contribution in [0.2, 0.25) is 10.0 Å². The minimum atomic E-state index is -1.15. The van der Waals surface area contributed by atoms with E-state index in [-0.39, 0.29) is 15.8 Å². The van der Waals surface area contributed by atoms with Gasteiger partial charge in [-0.25, -0.2) is 4.79 Å². The number of para-hydroxylation sites is 1. The van der Waals surface area contributed by atoms with Crippen LogP contribution in [-0.2, 0) is 4.79 Å². The van der Waals surface area contributed by atoms with E-state index < -0.39 is 12.1 Å². The van der Waals surface area contributed by atoms with Gasteiger partial charge in [0, 0.05) is 5.56 Å². The number of ether oxygens (including phenoxy) is 1. The predicted molar refractivity (Wildman–Crippen MR) is 73.9 cm³/mol. The molecule has 0 bridgehead atoms. The second kappa shape index (κ2) is 5.95. The van der Waals surface area contributed by atoms with E-state index in [1.807, 2.05) is 0 Å². The first-order valence-electron chi connectivity index (χ1n) is 5.48. The van der Waals surface area contributed by atoms with E-state index in [9.17, 15) is 9.90 Å². The number of carboxylic acid groups (broad SMARTS) is 1. The molecule has 0 amide bonds. The smallest absolute Gasteiger partial charge is 0.349 e. The number of carboxylic acids is 1. The van der Waals surface area contributed by atoms with Crippen molar-refractivity contribution in [3.63, 3.8) is 0 Å². The Morgan fingerprint density at radius 2 is 1.58 bits per heavy atom. The van der Waals surface area contributed by atoms with E-state index in [0.29, 0.717) is 5.56 Å². The fraction of sp³-hybridized carbons (Fsp3) is 0.0714. The second-order valence-corrected chi connectivity index (χ2v) is 4.61. The van der Waals surface area contributed by atoms with Gasteiger partial charge < -0.3 is 9.84 Å². The molecule has 0 radical (unpaired) electrons. The first kappa shape index (κ1) is 13.7. The molecule has 3 nitrogen and oxygen atoms in total. The van der Waals surface area contributed by atoms with Crippen LogP contribution in [0.15, 0.2) is 48.5 Å².